The van der Waals surface area contributed by atoms with Gasteiger partial charge in [0, 0.05) is 31.1 Å². The summed E-state index contributed by atoms with van der Waals surface area (Å²) in [5.74, 6) is -0.575. The van der Waals surface area contributed by atoms with Crippen molar-refractivity contribution < 1.29 is 17.6 Å². The number of nitrogens with one attached hydrogen (secondary N) is 2. The van der Waals surface area contributed by atoms with Crippen LogP contribution < -0.4 is 10.6 Å². The van der Waals surface area contributed by atoms with Gasteiger partial charge in [-0.05, 0) is 6.07 Å². The Morgan fingerprint density at radius 3 is 2.85 bits per heavy atom. The molecule has 1 heterocycles. The van der Waals surface area contributed by atoms with E-state index in [0.29, 0.717) is 12.1 Å². The van der Waals surface area contributed by atoms with E-state index in [0.717, 1.165) is 0 Å². The van der Waals surface area contributed by atoms with Crippen molar-refractivity contribution in [3.8, 4) is 0 Å². The molecule has 1 aliphatic rings. The molecule has 0 radical (unpaired) electrons. The third kappa shape index (κ3) is 4.28. The standard InChI is InChI=1S/C13H17FN2O3S/c14-12-4-2-1-3-10(12)8-16-13(17)7-11-9-20(18,19)6-5-15-11/h1-4,11,15H,5-9H2,(H,16,17). The lowest BCUT2D eigenvalue weighted by Crippen LogP contribution is -2.47. The van der Waals surface area contributed by atoms with Crippen LogP contribution in [0.5, 0.6) is 0 Å². The Morgan fingerprint density at radius 1 is 1.40 bits per heavy atom. The van der Waals surface area contributed by atoms with Gasteiger partial charge in [-0.15, -0.1) is 0 Å². The van der Waals surface area contributed by atoms with E-state index in [1.165, 1.54) is 6.07 Å². The molecule has 1 atom stereocenters. The highest BCUT2D eigenvalue weighted by Crippen LogP contribution is 2.07. The third-order valence-electron chi connectivity index (χ3n) is 3.17. The molecule has 1 aromatic rings. The quantitative estimate of drug-likeness (QED) is 0.834. The Hall–Kier alpha value is -1.47. The molecule has 0 aromatic heterocycles. The molecule has 2 rings (SSSR count). The summed E-state index contributed by atoms with van der Waals surface area (Å²) in [6.45, 7) is 0.471. The van der Waals surface area contributed by atoms with Crippen LogP contribution in [0.2, 0.25) is 0 Å². The van der Waals surface area contributed by atoms with Gasteiger partial charge in [-0.2, -0.15) is 0 Å². The highest BCUT2D eigenvalue weighted by atomic mass is 32.2. The zero-order valence-corrected chi connectivity index (χ0v) is 11.7. The molecule has 1 saturated heterocycles. The van der Waals surface area contributed by atoms with Gasteiger partial charge >= 0.3 is 0 Å². The molecule has 1 fully saturated rings. The van der Waals surface area contributed by atoms with Crippen molar-refractivity contribution in [3.05, 3.63) is 35.6 Å². The zero-order chi connectivity index (χ0) is 14.6. The second-order valence-electron chi connectivity index (χ2n) is 4.84. The largest absolute Gasteiger partial charge is 0.352 e. The summed E-state index contributed by atoms with van der Waals surface area (Å²) in [7, 11) is -3.05. The summed E-state index contributed by atoms with van der Waals surface area (Å²) in [4.78, 5) is 11.7. The molecule has 5 nitrogen and oxygen atoms in total. The highest BCUT2D eigenvalue weighted by molar-refractivity contribution is 7.91. The minimum Gasteiger partial charge on any atom is -0.352 e. The average molecular weight is 300 g/mol. The Kier molecular flexibility index (Phi) is 4.72. The Bertz CT molecular complexity index is 589. The summed E-state index contributed by atoms with van der Waals surface area (Å²) in [5.41, 5.74) is 0.407. The number of hydrogen-bond donors (Lipinski definition) is 2. The number of carbonyl (C=O) groups excluding carboxylic acids is 1. The number of carbonyl (C=O) groups is 1. The Balaban J connectivity index is 1.83. The SMILES string of the molecule is O=C(CC1CS(=O)(=O)CCN1)NCc1ccccc1F. The monoisotopic (exact) mass is 300 g/mol. The lowest BCUT2D eigenvalue weighted by Gasteiger charge is -2.23. The molecule has 1 unspecified atom stereocenters. The number of halogens is 1. The molecule has 1 amide bonds. The van der Waals surface area contributed by atoms with Crippen molar-refractivity contribution in [1.82, 2.24) is 10.6 Å². The van der Waals surface area contributed by atoms with Gasteiger partial charge in [0.25, 0.3) is 0 Å². The number of amides is 1. The van der Waals surface area contributed by atoms with Gasteiger partial charge in [0.15, 0.2) is 9.84 Å². The van der Waals surface area contributed by atoms with E-state index in [2.05, 4.69) is 10.6 Å². The van der Waals surface area contributed by atoms with Crippen molar-refractivity contribution >= 4 is 15.7 Å². The second-order valence-corrected chi connectivity index (χ2v) is 7.07. The van der Waals surface area contributed by atoms with Crippen molar-refractivity contribution in [2.45, 2.75) is 19.0 Å². The van der Waals surface area contributed by atoms with Gasteiger partial charge in [0.2, 0.25) is 5.91 Å². The van der Waals surface area contributed by atoms with Crippen LogP contribution in [0.4, 0.5) is 4.39 Å². The minimum atomic E-state index is -3.05. The van der Waals surface area contributed by atoms with Crippen molar-refractivity contribution in [3.63, 3.8) is 0 Å². The summed E-state index contributed by atoms with van der Waals surface area (Å²) in [5, 5.41) is 5.60. The molecule has 0 saturated carbocycles. The first-order valence-corrected chi connectivity index (χ1v) is 8.22. The predicted octanol–water partition coefficient (Wildman–Crippen LogP) is 0.219. The molecule has 0 aliphatic carbocycles. The first-order chi connectivity index (χ1) is 9.46. The normalized spacial score (nSPS) is 21.4. The maximum Gasteiger partial charge on any atom is 0.221 e. The van der Waals surface area contributed by atoms with E-state index >= 15 is 0 Å². The molecule has 2 N–H and O–H groups in total. The molecular weight excluding hydrogens is 283 g/mol. The molecular formula is C13H17FN2O3S. The minimum absolute atomic E-state index is 0.0277. The molecule has 1 aromatic carbocycles. The molecule has 20 heavy (non-hydrogen) atoms. The molecule has 0 bridgehead atoms. The number of sulfone groups is 1. The van der Waals surface area contributed by atoms with Gasteiger partial charge < -0.3 is 10.6 Å². The predicted molar refractivity (Wildman–Crippen MR) is 73.3 cm³/mol. The van der Waals surface area contributed by atoms with E-state index < -0.39 is 9.84 Å². The summed E-state index contributed by atoms with van der Waals surface area (Å²) in [6, 6.07) is 5.84. The number of rotatable bonds is 4. The summed E-state index contributed by atoms with van der Waals surface area (Å²) in [6.07, 6.45) is 0.0771. The van der Waals surface area contributed by atoms with E-state index in [-0.39, 0.29) is 42.2 Å². The van der Waals surface area contributed by atoms with Crippen molar-refractivity contribution in [2.24, 2.45) is 0 Å². The fraction of sp³-hybridized carbons (Fsp3) is 0.462. The van der Waals surface area contributed by atoms with E-state index in [4.69, 9.17) is 0 Å². The molecule has 110 valence electrons. The van der Waals surface area contributed by atoms with Crippen molar-refractivity contribution in [1.29, 1.82) is 0 Å². The smallest absolute Gasteiger partial charge is 0.221 e. The fourth-order valence-electron chi connectivity index (χ4n) is 2.13. The average Bonchev–Trinajstić information content (AvgIpc) is 2.36. The maximum atomic E-state index is 13.4. The van der Waals surface area contributed by atoms with Gasteiger partial charge in [-0.3, -0.25) is 4.79 Å². The van der Waals surface area contributed by atoms with Crippen LogP contribution >= 0.6 is 0 Å². The zero-order valence-electron chi connectivity index (χ0n) is 10.9. The van der Waals surface area contributed by atoms with Crippen LogP contribution in [-0.4, -0.2) is 38.4 Å². The van der Waals surface area contributed by atoms with E-state index in [1.807, 2.05) is 0 Å². The van der Waals surface area contributed by atoms with Crippen molar-refractivity contribution in [2.75, 3.05) is 18.1 Å². The number of hydrogen-bond acceptors (Lipinski definition) is 4. The first-order valence-electron chi connectivity index (χ1n) is 6.40. The van der Waals surface area contributed by atoms with Gasteiger partial charge in [0.1, 0.15) is 5.82 Å². The maximum absolute atomic E-state index is 13.4. The van der Waals surface area contributed by atoms with Crippen LogP contribution in [0.1, 0.15) is 12.0 Å². The molecule has 0 spiro atoms. The second kappa shape index (κ2) is 6.32. The first kappa shape index (κ1) is 14.9. The van der Waals surface area contributed by atoms with Gasteiger partial charge in [-0.1, -0.05) is 18.2 Å². The molecule has 1 aliphatic heterocycles. The summed E-state index contributed by atoms with van der Waals surface area (Å²) >= 11 is 0. The number of benzene rings is 1. The topological polar surface area (TPSA) is 75.3 Å². The van der Waals surface area contributed by atoms with Crippen LogP contribution in [0.3, 0.4) is 0 Å². The van der Waals surface area contributed by atoms with Gasteiger partial charge in [0.05, 0.1) is 11.5 Å². The summed E-state index contributed by atoms with van der Waals surface area (Å²) < 4.78 is 36.2. The van der Waals surface area contributed by atoms with Crippen LogP contribution in [0.15, 0.2) is 24.3 Å². The Morgan fingerprint density at radius 2 is 2.15 bits per heavy atom. The fourth-order valence-corrected chi connectivity index (χ4v) is 3.57. The Labute approximate surface area is 117 Å². The lowest BCUT2D eigenvalue weighted by atomic mass is 10.2. The lowest BCUT2D eigenvalue weighted by molar-refractivity contribution is -0.121. The van der Waals surface area contributed by atoms with E-state index in [1.54, 1.807) is 18.2 Å². The van der Waals surface area contributed by atoms with E-state index in [9.17, 15) is 17.6 Å². The van der Waals surface area contributed by atoms with Gasteiger partial charge in [-0.25, -0.2) is 12.8 Å². The van der Waals surface area contributed by atoms with Crippen LogP contribution in [-0.2, 0) is 21.2 Å². The van der Waals surface area contributed by atoms with Crippen LogP contribution in [0.25, 0.3) is 0 Å². The highest BCUT2D eigenvalue weighted by Gasteiger charge is 2.25. The molecule has 7 heteroatoms. The van der Waals surface area contributed by atoms with Crippen LogP contribution in [0, 0.1) is 5.82 Å². The third-order valence-corrected chi connectivity index (χ3v) is 4.90.